The number of rotatable bonds is 6. The Bertz CT molecular complexity index is 680. The van der Waals surface area contributed by atoms with Crippen molar-refractivity contribution in [3.63, 3.8) is 0 Å². The van der Waals surface area contributed by atoms with Crippen molar-refractivity contribution in [3.8, 4) is 6.07 Å². The fourth-order valence-corrected chi connectivity index (χ4v) is 2.81. The molecule has 5 heteroatoms. The van der Waals surface area contributed by atoms with Gasteiger partial charge in [0.15, 0.2) is 0 Å². The van der Waals surface area contributed by atoms with Crippen LogP contribution in [-0.2, 0) is 11.3 Å². The van der Waals surface area contributed by atoms with Crippen molar-refractivity contribution in [1.29, 1.82) is 5.26 Å². The third-order valence-corrected chi connectivity index (χ3v) is 4.22. The number of nitrogens with zero attached hydrogens (tertiary/aromatic N) is 1. The fraction of sp³-hybridized carbons (Fsp3) is 0.176. The molecule has 3 nitrogen and oxygen atoms in total. The van der Waals surface area contributed by atoms with Gasteiger partial charge in [0.1, 0.15) is 0 Å². The number of carbonyl (C=O) groups excluding carboxylic acids is 1. The molecule has 112 valence electrons. The number of nitriles is 1. The highest BCUT2D eigenvalue weighted by Crippen LogP contribution is 2.20. The molecule has 0 aliphatic carbocycles. The maximum absolute atomic E-state index is 11.8. The first kappa shape index (κ1) is 16.4. The standard InChI is InChI=1S/C17H15ClN2OS/c18-15-4-6-16(7-5-15)22-9-8-17(21)20-12-14-3-1-2-13(10-14)11-19/h1-7,10H,8-9,12H2,(H,20,21). The van der Waals surface area contributed by atoms with Gasteiger partial charge in [0.05, 0.1) is 11.6 Å². The van der Waals surface area contributed by atoms with Gasteiger partial charge in [-0.25, -0.2) is 0 Å². The summed E-state index contributed by atoms with van der Waals surface area (Å²) in [7, 11) is 0. The number of benzene rings is 2. The Morgan fingerprint density at radius 2 is 2.00 bits per heavy atom. The molecule has 0 aromatic heterocycles. The van der Waals surface area contributed by atoms with E-state index in [2.05, 4.69) is 11.4 Å². The molecule has 1 amide bonds. The SMILES string of the molecule is N#Cc1cccc(CNC(=O)CCSc2ccc(Cl)cc2)c1. The molecule has 0 atom stereocenters. The molecule has 0 heterocycles. The van der Waals surface area contributed by atoms with Crippen LogP contribution in [0.2, 0.25) is 5.02 Å². The minimum atomic E-state index is 0.00354. The second kappa shape index (κ2) is 8.47. The molecule has 2 aromatic carbocycles. The van der Waals surface area contributed by atoms with E-state index >= 15 is 0 Å². The summed E-state index contributed by atoms with van der Waals surface area (Å²) in [6, 6.07) is 16.9. The fourth-order valence-electron chi connectivity index (χ4n) is 1.83. The molecular formula is C17H15ClN2OS. The van der Waals surface area contributed by atoms with Crippen molar-refractivity contribution in [2.75, 3.05) is 5.75 Å². The molecule has 0 saturated carbocycles. The Balaban J connectivity index is 1.71. The van der Waals surface area contributed by atoms with Gasteiger partial charge < -0.3 is 5.32 Å². The minimum absolute atomic E-state index is 0.00354. The molecule has 0 fully saturated rings. The van der Waals surface area contributed by atoms with E-state index in [0.717, 1.165) is 10.5 Å². The summed E-state index contributed by atoms with van der Waals surface area (Å²) >= 11 is 7.45. The van der Waals surface area contributed by atoms with Crippen LogP contribution in [0.5, 0.6) is 0 Å². The van der Waals surface area contributed by atoms with E-state index in [4.69, 9.17) is 16.9 Å². The third-order valence-electron chi connectivity index (χ3n) is 2.96. The monoisotopic (exact) mass is 330 g/mol. The zero-order chi connectivity index (χ0) is 15.8. The van der Waals surface area contributed by atoms with Crippen LogP contribution in [0.1, 0.15) is 17.5 Å². The lowest BCUT2D eigenvalue weighted by Gasteiger charge is -2.06. The number of carbonyl (C=O) groups is 1. The third kappa shape index (κ3) is 5.44. The van der Waals surface area contributed by atoms with Crippen LogP contribution in [0.3, 0.4) is 0 Å². The van der Waals surface area contributed by atoms with E-state index in [1.54, 1.807) is 23.9 Å². The second-order valence-corrected chi connectivity index (χ2v) is 6.25. The Morgan fingerprint density at radius 3 is 2.73 bits per heavy atom. The highest BCUT2D eigenvalue weighted by molar-refractivity contribution is 7.99. The highest BCUT2D eigenvalue weighted by Gasteiger charge is 2.03. The predicted octanol–water partition coefficient (Wildman–Crippen LogP) is 4.01. The summed E-state index contributed by atoms with van der Waals surface area (Å²) in [4.78, 5) is 12.9. The van der Waals surface area contributed by atoms with Gasteiger partial charge in [0, 0.05) is 28.6 Å². The number of nitrogens with one attached hydrogen (secondary N) is 1. The topological polar surface area (TPSA) is 52.9 Å². The maximum atomic E-state index is 11.8. The van der Waals surface area contributed by atoms with Gasteiger partial charge in [-0.2, -0.15) is 5.26 Å². The lowest BCUT2D eigenvalue weighted by Crippen LogP contribution is -2.23. The molecule has 0 aliphatic rings. The summed E-state index contributed by atoms with van der Waals surface area (Å²) in [5.74, 6) is 0.718. The predicted molar refractivity (Wildman–Crippen MR) is 89.8 cm³/mol. The van der Waals surface area contributed by atoms with Crippen molar-refractivity contribution >= 4 is 29.3 Å². The Morgan fingerprint density at radius 1 is 1.23 bits per heavy atom. The van der Waals surface area contributed by atoms with E-state index in [9.17, 15) is 4.79 Å². The minimum Gasteiger partial charge on any atom is -0.352 e. The maximum Gasteiger partial charge on any atom is 0.221 e. The summed E-state index contributed by atoms with van der Waals surface area (Å²) in [5, 5.41) is 12.4. The molecule has 0 saturated heterocycles. The summed E-state index contributed by atoms with van der Waals surface area (Å²) in [6.45, 7) is 0.444. The number of hydrogen-bond donors (Lipinski definition) is 1. The van der Waals surface area contributed by atoms with Gasteiger partial charge in [-0.15, -0.1) is 11.8 Å². The van der Waals surface area contributed by atoms with E-state index in [-0.39, 0.29) is 5.91 Å². The Labute approximate surface area is 139 Å². The first-order valence-electron chi connectivity index (χ1n) is 6.81. The zero-order valence-electron chi connectivity index (χ0n) is 11.9. The van der Waals surface area contributed by atoms with E-state index in [1.165, 1.54) is 0 Å². The smallest absolute Gasteiger partial charge is 0.221 e. The van der Waals surface area contributed by atoms with Crippen LogP contribution in [0.25, 0.3) is 0 Å². The van der Waals surface area contributed by atoms with Crippen LogP contribution < -0.4 is 5.32 Å². The number of thioether (sulfide) groups is 1. The molecule has 0 spiro atoms. The molecule has 0 radical (unpaired) electrons. The van der Waals surface area contributed by atoms with Crippen LogP contribution in [0.15, 0.2) is 53.4 Å². The molecule has 2 aromatic rings. The van der Waals surface area contributed by atoms with Crippen LogP contribution in [-0.4, -0.2) is 11.7 Å². The Kier molecular flexibility index (Phi) is 6.32. The summed E-state index contributed by atoms with van der Waals surface area (Å²) < 4.78 is 0. The molecular weight excluding hydrogens is 316 g/mol. The largest absolute Gasteiger partial charge is 0.352 e. The van der Waals surface area contributed by atoms with Crippen LogP contribution in [0.4, 0.5) is 0 Å². The normalized spacial score (nSPS) is 10.0. The number of amides is 1. The van der Waals surface area contributed by atoms with Gasteiger partial charge in [-0.1, -0.05) is 23.7 Å². The highest BCUT2D eigenvalue weighted by atomic mass is 35.5. The molecule has 1 N–H and O–H groups in total. The van der Waals surface area contributed by atoms with Crippen molar-refractivity contribution < 1.29 is 4.79 Å². The van der Waals surface area contributed by atoms with E-state index in [0.29, 0.717) is 29.3 Å². The molecule has 2 rings (SSSR count). The van der Waals surface area contributed by atoms with E-state index in [1.807, 2.05) is 36.4 Å². The first-order valence-corrected chi connectivity index (χ1v) is 8.18. The van der Waals surface area contributed by atoms with Crippen molar-refractivity contribution in [2.24, 2.45) is 0 Å². The average Bonchev–Trinajstić information content (AvgIpc) is 2.55. The first-order chi connectivity index (χ1) is 10.7. The van der Waals surface area contributed by atoms with Crippen molar-refractivity contribution in [2.45, 2.75) is 17.9 Å². The van der Waals surface area contributed by atoms with E-state index < -0.39 is 0 Å². The Hall–Kier alpha value is -1.96. The number of halogens is 1. The van der Waals surface area contributed by atoms with Gasteiger partial charge >= 0.3 is 0 Å². The van der Waals surface area contributed by atoms with Gasteiger partial charge in [-0.05, 0) is 42.0 Å². The number of hydrogen-bond acceptors (Lipinski definition) is 3. The van der Waals surface area contributed by atoms with Crippen LogP contribution >= 0.6 is 23.4 Å². The van der Waals surface area contributed by atoms with Crippen molar-refractivity contribution in [1.82, 2.24) is 5.32 Å². The molecule has 22 heavy (non-hydrogen) atoms. The molecule has 0 unspecified atom stereocenters. The zero-order valence-corrected chi connectivity index (χ0v) is 13.5. The summed E-state index contributed by atoms with van der Waals surface area (Å²) in [5.41, 5.74) is 1.53. The summed E-state index contributed by atoms with van der Waals surface area (Å²) in [6.07, 6.45) is 0.450. The lowest BCUT2D eigenvalue weighted by molar-refractivity contribution is -0.120. The second-order valence-electron chi connectivity index (χ2n) is 4.64. The quantitative estimate of drug-likeness (QED) is 0.814. The van der Waals surface area contributed by atoms with Crippen LogP contribution in [0, 0.1) is 11.3 Å². The average molecular weight is 331 g/mol. The lowest BCUT2D eigenvalue weighted by atomic mass is 10.1. The molecule has 0 bridgehead atoms. The van der Waals surface area contributed by atoms with Gasteiger partial charge in [0.25, 0.3) is 0 Å². The van der Waals surface area contributed by atoms with Gasteiger partial charge in [0.2, 0.25) is 5.91 Å². The molecule has 0 aliphatic heterocycles. The van der Waals surface area contributed by atoms with Crippen molar-refractivity contribution in [3.05, 3.63) is 64.7 Å². The van der Waals surface area contributed by atoms with Gasteiger partial charge in [-0.3, -0.25) is 4.79 Å².